The van der Waals surface area contributed by atoms with Crippen LogP contribution in [0.25, 0.3) is 5.82 Å². The highest BCUT2D eigenvalue weighted by atomic mass is 35.5. The Hall–Kier alpha value is -3.14. The highest BCUT2D eigenvalue weighted by Gasteiger charge is 2.33. The van der Waals surface area contributed by atoms with Gasteiger partial charge in [0.15, 0.2) is 5.82 Å². The number of rotatable bonds is 5. The maximum atomic E-state index is 12.8. The average Bonchev–Trinajstić information content (AvgIpc) is 3.32. The molecule has 0 atom stereocenters. The van der Waals surface area contributed by atoms with E-state index in [1.807, 2.05) is 23.1 Å². The van der Waals surface area contributed by atoms with E-state index in [0.29, 0.717) is 44.1 Å². The molecule has 3 aromatic heterocycles. The maximum Gasteiger partial charge on any atom is 0.417 e. The molecule has 0 unspecified atom stereocenters. The fourth-order valence-corrected chi connectivity index (χ4v) is 3.85. The van der Waals surface area contributed by atoms with Crippen LogP contribution in [0.5, 0.6) is 0 Å². The van der Waals surface area contributed by atoms with Gasteiger partial charge in [-0.2, -0.15) is 18.3 Å². The van der Waals surface area contributed by atoms with Crippen molar-refractivity contribution in [2.45, 2.75) is 25.6 Å². The first-order valence-corrected chi connectivity index (χ1v) is 10.4. The van der Waals surface area contributed by atoms with E-state index in [2.05, 4.69) is 20.4 Å². The Morgan fingerprint density at radius 2 is 1.97 bits per heavy atom. The molecule has 168 valence electrons. The number of hydrogen-bond acceptors (Lipinski definition) is 5. The van der Waals surface area contributed by atoms with Gasteiger partial charge >= 0.3 is 6.18 Å². The lowest BCUT2D eigenvalue weighted by atomic mass is 9.96. The minimum absolute atomic E-state index is 0.0474. The number of aromatic nitrogens is 4. The van der Waals surface area contributed by atoms with Crippen LogP contribution >= 0.6 is 11.6 Å². The number of carbonyl (C=O) groups excluding carboxylic acids is 1. The van der Waals surface area contributed by atoms with Crippen molar-refractivity contribution in [2.24, 2.45) is 5.92 Å². The molecule has 4 heterocycles. The molecule has 32 heavy (non-hydrogen) atoms. The summed E-state index contributed by atoms with van der Waals surface area (Å²) in [6.07, 6.45) is 2.56. The fourth-order valence-electron chi connectivity index (χ4n) is 3.57. The van der Waals surface area contributed by atoms with Gasteiger partial charge in [0.1, 0.15) is 5.82 Å². The molecule has 0 spiro atoms. The second-order valence-corrected chi connectivity index (χ2v) is 7.89. The lowest BCUT2D eigenvalue weighted by Crippen LogP contribution is -2.40. The van der Waals surface area contributed by atoms with E-state index >= 15 is 0 Å². The first kappa shape index (κ1) is 22.1. The van der Waals surface area contributed by atoms with Crippen molar-refractivity contribution >= 4 is 23.3 Å². The molecular formula is C21H20ClF3N6O. The Labute approximate surface area is 187 Å². The van der Waals surface area contributed by atoms with Gasteiger partial charge in [-0.1, -0.05) is 17.7 Å². The molecule has 0 bridgehead atoms. The van der Waals surface area contributed by atoms with Gasteiger partial charge in [-0.15, -0.1) is 0 Å². The topological polar surface area (TPSA) is 75.9 Å². The summed E-state index contributed by atoms with van der Waals surface area (Å²) < 4.78 is 40.0. The van der Waals surface area contributed by atoms with Gasteiger partial charge in [0, 0.05) is 50.3 Å². The van der Waals surface area contributed by atoms with Gasteiger partial charge in [0.05, 0.1) is 10.6 Å². The van der Waals surface area contributed by atoms with Crippen molar-refractivity contribution in [3.63, 3.8) is 0 Å². The van der Waals surface area contributed by atoms with Crippen LogP contribution in [0.15, 0.2) is 49.1 Å². The van der Waals surface area contributed by atoms with Crippen molar-refractivity contribution in [2.75, 3.05) is 18.0 Å². The number of pyridine rings is 2. The SMILES string of the molecule is O=C(NCc1ccc(-n2cccn2)nc1)C1CCN(c2ncc(C(F)(F)F)cc2Cl)CC1. The summed E-state index contributed by atoms with van der Waals surface area (Å²) >= 11 is 6.03. The summed E-state index contributed by atoms with van der Waals surface area (Å²) in [5.74, 6) is 0.748. The molecule has 1 aliphatic heterocycles. The molecule has 4 rings (SSSR count). The molecule has 1 amide bonds. The van der Waals surface area contributed by atoms with Crippen LogP contribution in [0.4, 0.5) is 19.0 Å². The molecule has 0 aliphatic carbocycles. The second-order valence-electron chi connectivity index (χ2n) is 7.48. The van der Waals surface area contributed by atoms with E-state index in [1.165, 1.54) is 0 Å². The summed E-state index contributed by atoms with van der Waals surface area (Å²) in [6, 6.07) is 6.40. The summed E-state index contributed by atoms with van der Waals surface area (Å²) in [5, 5.41) is 7.00. The van der Waals surface area contributed by atoms with Gasteiger partial charge in [0.2, 0.25) is 5.91 Å². The number of hydrogen-bond donors (Lipinski definition) is 1. The Balaban J connectivity index is 1.28. The summed E-state index contributed by atoms with van der Waals surface area (Å²) in [5.41, 5.74) is -0.0138. The van der Waals surface area contributed by atoms with Gasteiger partial charge in [0.25, 0.3) is 0 Å². The van der Waals surface area contributed by atoms with Gasteiger partial charge < -0.3 is 10.2 Å². The lowest BCUT2D eigenvalue weighted by molar-refractivity contribution is -0.137. The normalized spacial score (nSPS) is 15.1. The smallest absolute Gasteiger partial charge is 0.355 e. The van der Waals surface area contributed by atoms with Crippen LogP contribution in [0.2, 0.25) is 5.02 Å². The average molecular weight is 465 g/mol. The molecule has 1 aliphatic rings. The Kier molecular flexibility index (Phi) is 6.31. The number of piperidine rings is 1. The van der Waals surface area contributed by atoms with E-state index in [1.54, 1.807) is 23.3 Å². The summed E-state index contributed by atoms with van der Waals surface area (Å²) in [6.45, 7) is 1.32. The molecule has 0 saturated carbocycles. The monoisotopic (exact) mass is 464 g/mol. The van der Waals surface area contributed by atoms with E-state index in [4.69, 9.17) is 11.6 Å². The van der Waals surface area contributed by atoms with Crippen LogP contribution in [-0.2, 0) is 17.5 Å². The maximum absolute atomic E-state index is 12.8. The van der Waals surface area contributed by atoms with E-state index in [9.17, 15) is 18.0 Å². The minimum Gasteiger partial charge on any atom is -0.355 e. The fraction of sp³-hybridized carbons (Fsp3) is 0.333. The minimum atomic E-state index is -4.49. The van der Waals surface area contributed by atoms with E-state index in [0.717, 1.165) is 17.8 Å². The quantitative estimate of drug-likeness (QED) is 0.620. The molecular weight excluding hydrogens is 445 g/mol. The zero-order chi connectivity index (χ0) is 22.7. The number of carbonyl (C=O) groups is 1. The van der Waals surface area contributed by atoms with Crippen molar-refractivity contribution < 1.29 is 18.0 Å². The molecule has 3 aromatic rings. The molecule has 11 heteroatoms. The Bertz CT molecular complexity index is 1060. The summed E-state index contributed by atoms with van der Waals surface area (Å²) in [7, 11) is 0. The molecule has 1 fully saturated rings. The molecule has 7 nitrogen and oxygen atoms in total. The van der Waals surface area contributed by atoms with Gasteiger partial charge in [-0.05, 0) is 36.6 Å². The molecule has 0 aromatic carbocycles. The Morgan fingerprint density at radius 1 is 1.19 bits per heavy atom. The zero-order valence-corrected chi connectivity index (χ0v) is 17.6. The molecule has 0 radical (unpaired) electrons. The highest BCUT2D eigenvalue weighted by Crippen LogP contribution is 2.34. The van der Waals surface area contributed by atoms with Crippen LogP contribution in [0.3, 0.4) is 0 Å². The predicted molar refractivity (Wildman–Crippen MR) is 112 cm³/mol. The molecule has 1 N–H and O–H groups in total. The van der Waals surface area contributed by atoms with Crippen molar-refractivity contribution in [1.29, 1.82) is 0 Å². The number of alkyl halides is 3. The third-order valence-electron chi connectivity index (χ3n) is 5.33. The van der Waals surface area contributed by atoms with Crippen molar-refractivity contribution in [1.82, 2.24) is 25.1 Å². The number of nitrogens with one attached hydrogen (secondary N) is 1. The van der Waals surface area contributed by atoms with Gasteiger partial charge in [-0.3, -0.25) is 4.79 Å². The first-order valence-electron chi connectivity index (χ1n) is 10.0. The van der Waals surface area contributed by atoms with E-state index < -0.39 is 11.7 Å². The van der Waals surface area contributed by atoms with Crippen LogP contribution in [0, 0.1) is 5.92 Å². The van der Waals surface area contributed by atoms with Crippen LogP contribution in [-0.4, -0.2) is 38.7 Å². The second kappa shape index (κ2) is 9.15. The number of anilines is 1. The van der Waals surface area contributed by atoms with Gasteiger partial charge in [-0.25, -0.2) is 14.6 Å². The Morgan fingerprint density at radius 3 is 2.56 bits per heavy atom. The van der Waals surface area contributed by atoms with Crippen molar-refractivity contribution in [3.05, 3.63) is 65.2 Å². The third kappa shape index (κ3) is 5.01. The largest absolute Gasteiger partial charge is 0.417 e. The molecule has 1 saturated heterocycles. The summed E-state index contributed by atoms with van der Waals surface area (Å²) in [4.78, 5) is 22.6. The number of amides is 1. The van der Waals surface area contributed by atoms with Crippen LogP contribution in [0.1, 0.15) is 24.0 Å². The van der Waals surface area contributed by atoms with E-state index in [-0.39, 0.29) is 16.8 Å². The lowest BCUT2D eigenvalue weighted by Gasteiger charge is -2.32. The highest BCUT2D eigenvalue weighted by molar-refractivity contribution is 6.33. The first-order chi connectivity index (χ1) is 15.3. The van der Waals surface area contributed by atoms with Crippen LogP contribution < -0.4 is 10.2 Å². The number of halogens is 4. The third-order valence-corrected chi connectivity index (χ3v) is 5.61. The zero-order valence-electron chi connectivity index (χ0n) is 16.9. The standard InChI is InChI=1S/C21H20ClF3N6O/c22-17-10-16(21(23,24)25)13-27-19(17)30-8-4-15(5-9-30)20(32)28-12-14-2-3-18(26-11-14)31-7-1-6-29-31/h1-3,6-7,10-11,13,15H,4-5,8-9,12H2,(H,28,32). The number of nitrogens with zero attached hydrogens (tertiary/aromatic N) is 5. The van der Waals surface area contributed by atoms with Crippen molar-refractivity contribution in [3.8, 4) is 5.82 Å². The predicted octanol–water partition coefficient (Wildman–Crippen LogP) is 3.87.